The van der Waals surface area contributed by atoms with Crippen LogP contribution in [-0.4, -0.2) is 32.1 Å². The molecule has 0 aliphatic heterocycles. The van der Waals surface area contributed by atoms with Gasteiger partial charge in [-0.3, -0.25) is 9.59 Å². The lowest BCUT2D eigenvalue weighted by molar-refractivity contribution is -0.137. The predicted molar refractivity (Wildman–Crippen MR) is 99.5 cm³/mol. The average molecular weight is 411 g/mol. The van der Waals surface area contributed by atoms with E-state index >= 15 is 0 Å². The molecule has 2 aromatic rings. The Hall–Kier alpha value is -3.43. The normalized spacial score (nSPS) is 10.9. The van der Waals surface area contributed by atoms with Gasteiger partial charge in [0, 0.05) is 12.2 Å². The number of amides is 2. The van der Waals surface area contributed by atoms with Crippen molar-refractivity contribution in [2.45, 2.75) is 12.7 Å². The minimum atomic E-state index is -4.45. The second kappa shape index (κ2) is 9.67. The topological polar surface area (TPSA) is 103 Å². The van der Waals surface area contributed by atoms with Crippen LogP contribution in [0.4, 0.5) is 18.9 Å². The zero-order valence-electron chi connectivity index (χ0n) is 15.5. The first kappa shape index (κ1) is 21.9. The second-order valence-corrected chi connectivity index (χ2v) is 5.95. The average Bonchev–Trinajstić information content (AvgIpc) is 2.68. The molecule has 29 heavy (non-hydrogen) atoms. The summed E-state index contributed by atoms with van der Waals surface area (Å²) in [7, 11) is 1.42. The van der Waals surface area contributed by atoms with Gasteiger partial charge in [-0.25, -0.2) is 0 Å². The Morgan fingerprint density at radius 3 is 2.52 bits per heavy atom. The van der Waals surface area contributed by atoms with E-state index in [-0.39, 0.29) is 25.4 Å². The summed E-state index contributed by atoms with van der Waals surface area (Å²) >= 11 is 0. The van der Waals surface area contributed by atoms with Crippen LogP contribution in [0.5, 0.6) is 11.5 Å². The van der Waals surface area contributed by atoms with Crippen molar-refractivity contribution in [3.8, 4) is 11.5 Å². The minimum Gasteiger partial charge on any atom is -0.493 e. The third-order valence-corrected chi connectivity index (χ3v) is 3.73. The standard InChI is InChI=1S/C19H20F3N3O4/c1-28-16-7-12(5-6-15(16)29-11-17(23)26)9-25-18(27)10-24-14-4-2-3-13(8-14)19(20,21)22/h2-8,24H,9-11H2,1H3,(H2,23,26)(H,25,27). The van der Waals surface area contributed by atoms with Crippen molar-refractivity contribution in [3.05, 3.63) is 53.6 Å². The van der Waals surface area contributed by atoms with E-state index in [0.29, 0.717) is 17.1 Å². The molecule has 0 radical (unpaired) electrons. The van der Waals surface area contributed by atoms with Crippen LogP contribution in [0.15, 0.2) is 42.5 Å². The number of rotatable bonds is 9. The molecule has 2 amide bonds. The summed E-state index contributed by atoms with van der Waals surface area (Å²) in [4.78, 5) is 22.8. The third kappa shape index (κ3) is 6.91. The van der Waals surface area contributed by atoms with E-state index in [9.17, 15) is 22.8 Å². The Labute approximate surface area is 165 Å². The van der Waals surface area contributed by atoms with Crippen LogP contribution in [0.3, 0.4) is 0 Å². The van der Waals surface area contributed by atoms with Gasteiger partial charge in [-0.1, -0.05) is 12.1 Å². The number of alkyl halides is 3. The molecule has 0 spiro atoms. The number of anilines is 1. The minimum absolute atomic E-state index is 0.162. The Morgan fingerprint density at radius 2 is 1.86 bits per heavy atom. The summed E-state index contributed by atoms with van der Waals surface area (Å²) in [5.41, 5.74) is 5.11. The quantitative estimate of drug-likeness (QED) is 0.588. The summed E-state index contributed by atoms with van der Waals surface area (Å²) in [6, 6.07) is 9.45. The number of nitrogens with two attached hydrogens (primary N) is 1. The van der Waals surface area contributed by atoms with Gasteiger partial charge in [0.25, 0.3) is 5.91 Å². The van der Waals surface area contributed by atoms with Crippen LogP contribution in [0.25, 0.3) is 0 Å². The number of benzene rings is 2. The summed E-state index contributed by atoms with van der Waals surface area (Å²) in [6.07, 6.45) is -4.45. The summed E-state index contributed by atoms with van der Waals surface area (Å²) in [5, 5.41) is 5.29. The zero-order chi connectivity index (χ0) is 21.4. The summed E-state index contributed by atoms with van der Waals surface area (Å²) in [5.74, 6) is -0.347. The molecule has 7 nitrogen and oxygen atoms in total. The van der Waals surface area contributed by atoms with Gasteiger partial charge < -0.3 is 25.8 Å². The number of carbonyl (C=O) groups is 2. The van der Waals surface area contributed by atoms with Gasteiger partial charge in [-0.05, 0) is 35.9 Å². The van der Waals surface area contributed by atoms with Crippen LogP contribution in [0.1, 0.15) is 11.1 Å². The lowest BCUT2D eigenvalue weighted by Crippen LogP contribution is -2.29. The van der Waals surface area contributed by atoms with E-state index < -0.39 is 23.6 Å². The Bertz CT molecular complexity index is 872. The number of nitrogens with one attached hydrogen (secondary N) is 2. The van der Waals surface area contributed by atoms with Crippen LogP contribution in [-0.2, 0) is 22.3 Å². The maximum absolute atomic E-state index is 12.7. The van der Waals surface area contributed by atoms with Crippen molar-refractivity contribution in [2.24, 2.45) is 5.73 Å². The number of carbonyl (C=O) groups excluding carboxylic acids is 2. The van der Waals surface area contributed by atoms with E-state index in [1.807, 2.05) is 0 Å². The first-order chi connectivity index (χ1) is 13.7. The van der Waals surface area contributed by atoms with Crippen molar-refractivity contribution in [1.82, 2.24) is 5.32 Å². The number of primary amides is 1. The molecule has 0 saturated heterocycles. The van der Waals surface area contributed by atoms with E-state index in [0.717, 1.165) is 12.1 Å². The van der Waals surface area contributed by atoms with Crippen molar-refractivity contribution in [1.29, 1.82) is 0 Å². The highest BCUT2D eigenvalue weighted by atomic mass is 19.4. The molecule has 4 N–H and O–H groups in total. The number of hydrogen-bond donors (Lipinski definition) is 3. The maximum Gasteiger partial charge on any atom is 0.416 e. The van der Waals surface area contributed by atoms with E-state index in [4.69, 9.17) is 15.2 Å². The second-order valence-electron chi connectivity index (χ2n) is 5.95. The molecule has 10 heteroatoms. The molecule has 156 valence electrons. The highest BCUT2D eigenvalue weighted by Gasteiger charge is 2.30. The van der Waals surface area contributed by atoms with Gasteiger partial charge >= 0.3 is 6.18 Å². The van der Waals surface area contributed by atoms with Gasteiger partial charge in [-0.15, -0.1) is 0 Å². The molecule has 0 atom stereocenters. The smallest absolute Gasteiger partial charge is 0.416 e. The van der Waals surface area contributed by atoms with Gasteiger partial charge in [0.15, 0.2) is 18.1 Å². The molecule has 0 unspecified atom stereocenters. The highest BCUT2D eigenvalue weighted by Crippen LogP contribution is 2.30. The monoisotopic (exact) mass is 411 g/mol. The van der Waals surface area contributed by atoms with E-state index in [2.05, 4.69) is 10.6 Å². The van der Waals surface area contributed by atoms with Crippen molar-refractivity contribution in [3.63, 3.8) is 0 Å². The molecule has 0 fully saturated rings. The van der Waals surface area contributed by atoms with Gasteiger partial charge in [0.1, 0.15) is 0 Å². The largest absolute Gasteiger partial charge is 0.493 e. The molecule has 0 aromatic heterocycles. The highest BCUT2D eigenvalue weighted by molar-refractivity contribution is 5.80. The fourth-order valence-corrected chi connectivity index (χ4v) is 2.34. The molecule has 2 aromatic carbocycles. The first-order valence-electron chi connectivity index (χ1n) is 8.45. The van der Waals surface area contributed by atoms with Crippen LogP contribution in [0.2, 0.25) is 0 Å². The zero-order valence-corrected chi connectivity index (χ0v) is 15.5. The number of ether oxygens (including phenoxy) is 2. The Kier molecular flexibility index (Phi) is 7.29. The molecular formula is C19H20F3N3O4. The Balaban J connectivity index is 1.88. The van der Waals surface area contributed by atoms with Crippen LogP contribution >= 0.6 is 0 Å². The first-order valence-corrected chi connectivity index (χ1v) is 8.45. The lowest BCUT2D eigenvalue weighted by Gasteiger charge is -2.13. The fraction of sp³-hybridized carbons (Fsp3) is 0.263. The molecule has 0 aliphatic carbocycles. The van der Waals surface area contributed by atoms with E-state index in [1.165, 1.54) is 19.2 Å². The maximum atomic E-state index is 12.7. The number of hydrogen-bond acceptors (Lipinski definition) is 5. The fourth-order valence-electron chi connectivity index (χ4n) is 2.34. The van der Waals surface area contributed by atoms with Gasteiger partial charge in [0.2, 0.25) is 5.91 Å². The summed E-state index contributed by atoms with van der Waals surface area (Å²) < 4.78 is 48.5. The molecular weight excluding hydrogens is 391 g/mol. The molecule has 0 heterocycles. The SMILES string of the molecule is COc1cc(CNC(=O)CNc2cccc(C(F)(F)F)c2)ccc1OCC(N)=O. The molecule has 0 saturated carbocycles. The van der Waals surface area contributed by atoms with Crippen molar-refractivity contribution >= 4 is 17.5 Å². The predicted octanol–water partition coefficient (Wildman–Crippen LogP) is 2.31. The third-order valence-electron chi connectivity index (χ3n) is 3.73. The Morgan fingerprint density at radius 1 is 1.10 bits per heavy atom. The molecule has 0 aliphatic rings. The van der Waals surface area contributed by atoms with Crippen LogP contribution < -0.4 is 25.8 Å². The number of halogens is 3. The summed E-state index contributed by atoms with van der Waals surface area (Å²) in [6.45, 7) is -0.332. The lowest BCUT2D eigenvalue weighted by atomic mass is 10.2. The van der Waals surface area contributed by atoms with Crippen molar-refractivity contribution in [2.75, 3.05) is 25.6 Å². The molecule has 2 rings (SSSR count). The van der Waals surface area contributed by atoms with Gasteiger partial charge in [-0.2, -0.15) is 13.2 Å². The number of methoxy groups -OCH3 is 1. The van der Waals surface area contributed by atoms with Crippen LogP contribution in [0, 0.1) is 0 Å². The van der Waals surface area contributed by atoms with Crippen molar-refractivity contribution < 1.29 is 32.2 Å². The van der Waals surface area contributed by atoms with E-state index in [1.54, 1.807) is 18.2 Å². The molecule has 0 bridgehead atoms. The van der Waals surface area contributed by atoms with Gasteiger partial charge in [0.05, 0.1) is 19.2 Å².